The molecule has 1 heterocycles. The number of carboxylic acid groups (broad SMARTS) is 1. The van der Waals surface area contributed by atoms with Crippen molar-refractivity contribution in [3.63, 3.8) is 0 Å². The zero-order valence-corrected chi connectivity index (χ0v) is 11.5. The quantitative estimate of drug-likeness (QED) is 0.649. The minimum absolute atomic E-state index is 0.0676. The molecule has 2 aromatic rings. The van der Waals surface area contributed by atoms with Gasteiger partial charge in [0, 0.05) is 12.2 Å². The molecule has 0 aliphatic heterocycles. The predicted molar refractivity (Wildman–Crippen MR) is 71.7 cm³/mol. The van der Waals surface area contributed by atoms with E-state index >= 15 is 0 Å². The summed E-state index contributed by atoms with van der Waals surface area (Å²) in [5, 5.41) is 8.49. The number of nitrogens with zero attached hydrogens (tertiary/aromatic N) is 1. The lowest BCUT2D eigenvalue weighted by Gasteiger charge is -1.96. The summed E-state index contributed by atoms with van der Waals surface area (Å²) in [7, 11) is 0. The number of aliphatic carboxylic acids is 1. The summed E-state index contributed by atoms with van der Waals surface area (Å²) in [5.74, 6) is -1.89. The molecule has 1 aromatic heterocycles. The molecule has 2 rings (SSSR count). The van der Waals surface area contributed by atoms with E-state index in [4.69, 9.17) is 5.11 Å². The van der Waals surface area contributed by atoms with Crippen molar-refractivity contribution in [1.82, 2.24) is 4.98 Å². The first-order chi connectivity index (χ1) is 9.08. The highest BCUT2D eigenvalue weighted by Gasteiger charge is 2.12. The maximum atomic E-state index is 13.4. The van der Waals surface area contributed by atoms with Crippen molar-refractivity contribution in [1.29, 1.82) is 0 Å². The summed E-state index contributed by atoms with van der Waals surface area (Å²) in [5.41, 5.74) is 0.0676. The molecule has 19 heavy (non-hydrogen) atoms. The molecular formula is C12H11F2NO2S2. The number of carboxylic acids is 1. The summed E-state index contributed by atoms with van der Waals surface area (Å²) < 4.78 is 27.7. The van der Waals surface area contributed by atoms with E-state index in [0.717, 1.165) is 18.2 Å². The maximum Gasteiger partial charge on any atom is 0.303 e. The van der Waals surface area contributed by atoms with Crippen molar-refractivity contribution in [3.05, 3.63) is 23.8 Å². The number of carbonyl (C=O) groups is 1. The van der Waals surface area contributed by atoms with Crippen LogP contribution in [0.2, 0.25) is 0 Å². The van der Waals surface area contributed by atoms with Crippen LogP contribution < -0.4 is 0 Å². The fraction of sp³-hybridized carbons (Fsp3) is 0.333. The third-order valence-electron chi connectivity index (χ3n) is 2.44. The number of hydrogen-bond donors (Lipinski definition) is 1. The summed E-state index contributed by atoms with van der Waals surface area (Å²) in [4.78, 5) is 14.4. The molecule has 3 nitrogen and oxygen atoms in total. The zero-order chi connectivity index (χ0) is 13.8. The number of aromatic nitrogens is 1. The molecular weight excluding hydrogens is 292 g/mol. The molecule has 0 atom stereocenters. The minimum atomic E-state index is -0.911. The third-order valence-corrected chi connectivity index (χ3v) is 4.69. The molecule has 102 valence electrons. The molecule has 0 aliphatic carbocycles. The molecule has 0 unspecified atom stereocenters. The van der Waals surface area contributed by atoms with Gasteiger partial charge in [0.15, 0.2) is 16.0 Å². The third kappa shape index (κ3) is 3.63. The van der Waals surface area contributed by atoms with E-state index in [-0.39, 0.29) is 11.9 Å². The number of thioether (sulfide) groups is 1. The minimum Gasteiger partial charge on any atom is -0.481 e. The summed E-state index contributed by atoms with van der Waals surface area (Å²) in [6.45, 7) is 0. The Morgan fingerprint density at radius 3 is 2.89 bits per heavy atom. The fourth-order valence-corrected chi connectivity index (χ4v) is 3.64. The molecule has 0 fully saturated rings. The van der Waals surface area contributed by atoms with E-state index in [1.165, 1.54) is 29.2 Å². The average Bonchev–Trinajstić information content (AvgIpc) is 2.77. The van der Waals surface area contributed by atoms with Crippen molar-refractivity contribution < 1.29 is 18.7 Å². The normalized spacial score (nSPS) is 11.1. The van der Waals surface area contributed by atoms with Gasteiger partial charge in [-0.05, 0) is 25.0 Å². The molecule has 0 saturated heterocycles. The maximum absolute atomic E-state index is 13.4. The molecule has 7 heteroatoms. The Balaban J connectivity index is 1.95. The number of thiazole rings is 1. The van der Waals surface area contributed by atoms with Gasteiger partial charge in [-0.1, -0.05) is 11.8 Å². The molecule has 0 radical (unpaired) electrons. The number of unbranched alkanes of at least 4 members (excludes halogenated alkanes) is 1. The van der Waals surface area contributed by atoms with Gasteiger partial charge in [-0.25, -0.2) is 13.8 Å². The SMILES string of the molecule is O=C(O)CCCCSc1nc2c(F)c(F)ccc2s1. The highest BCUT2D eigenvalue weighted by atomic mass is 32.2. The van der Waals surface area contributed by atoms with Crippen LogP contribution in [0.15, 0.2) is 16.5 Å². The standard InChI is InChI=1S/C12H11F2NO2S2/c13-7-4-5-8-11(10(7)14)15-12(19-8)18-6-2-1-3-9(16)17/h4-5H,1-3,6H2,(H,16,17). The van der Waals surface area contributed by atoms with Gasteiger partial charge in [-0.3, -0.25) is 4.79 Å². The molecule has 0 spiro atoms. The van der Waals surface area contributed by atoms with Gasteiger partial charge >= 0.3 is 5.97 Å². The molecule has 1 N–H and O–H groups in total. The van der Waals surface area contributed by atoms with Gasteiger partial charge in [-0.15, -0.1) is 11.3 Å². The van der Waals surface area contributed by atoms with Gasteiger partial charge in [0.2, 0.25) is 0 Å². The number of hydrogen-bond acceptors (Lipinski definition) is 4. The number of fused-ring (bicyclic) bond motifs is 1. The average molecular weight is 303 g/mol. The smallest absolute Gasteiger partial charge is 0.303 e. The molecule has 1 aromatic carbocycles. The van der Waals surface area contributed by atoms with Crippen molar-refractivity contribution >= 4 is 39.3 Å². The summed E-state index contributed by atoms with van der Waals surface area (Å²) in [6, 6.07) is 2.61. The summed E-state index contributed by atoms with van der Waals surface area (Å²) in [6.07, 6.45) is 1.51. The first kappa shape index (κ1) is 14.2. The van der Waals surface area contributed by atoms with Crippen molar-refractivity contribution in [2.45, 2.75) is 23.6 Å². The second kappa shape index (κ2) is 6.29. The molecule has 0 amide bonds. The van der Waals surface area contributed by atoms with E-state index in [0.29, 0.717) is 15.5 Å². The highest BCUT2D eigenvalue weighted by molar-refractivity contribution is 8.01. The van der Waals surface area contributed by atoms with Crippen LogP contribution in [0.3, 0.4) is 0 Å². The predicted octanol–water partition coefficient (Wildman–Crippen LogP) is 3.92. The first-order valence-corrected chi connectivity index (χ1v) is 7.47. The van der Waals surface area contributed by atoms with Crippen LogP contribution in [0.5, 0.6) is 0 Å². The lowest BCUT2D eigenvalue weighted by Crippen LogP contribution is -1.94. The Hall–Kier alpha value is -1.21. The monoisotopic (exact) mass is 303 g/mol. The molecule has 0 bridgehead atoms. The van der Waals surface area contributed by atoms with Crippen LogP contribution in [0.4, 0.5) is 8.78 Å². The van der Waals surface area contributed by atoms with Crippen LogP contribution in [-0.4, -0.2) is 21.8 Å². The lowest BCUT2D eigenvalue weighted by atomic mass is 10.3. The van der Waals surface area contributed by atoms with Crippen LogP contribution in [0, 0.1) is 11.6 Å². The topological polar surface area (TPSA) is 50.2 Å². The van der Waals surface area contributed by atoms with Gasteiger partial charge in [0.1, 0.15) is 5.52 Å². The van der Waals surface area contributed by atoms with Gasteiger partial charge in [0.05, 0.1) is 4.70 Å². The van der Waals surface area contributed by atoms with E-state index < -0.39 is 17.6 Å². The second-order valence-corrected chi connectivity index (χ2v) is 6.26. The Morgan fingerprint density at radius 1 is 1.37 bits per heavy atom. The molecule has 0 aliphatic rings. The lowest BCUT2D eigenvalue weighted by molar-refractivity contribution is -0.137. The van der Waals surface area contributed by atoms with E-state index in [9.17, 15) is 13.6 Å². The van der Waals surface area contributed by atoms with Crippen LogP contribution >= 0.6 is 23.1 Å². The fourth-order valence-electron chi connectivity index (χ4n) is 1.52. The van der Waals surface area contributed by atoms with Crippen LogP contribution in [-0.2, 0) is 4.79 Å². The van der Waals surface area contributed by atoms with Crippen LogP contribution in [0.1, 0.15) is 19.3 Å². The Morgan fingerprint density at radius 2 is 2.16 bits per heavy atom. The Kier molecular flexibility index (Phi) is 4.71. The van der Waals surface area contributed by atoms with Gasteiger partial charge < -0.3 is 5.11 Å². The number of rotatable bonds is 6. The highest BCUT2D eigenvalue weighted by Crippen LogP contribution is 2.32. The Bertz CT molecular complexity index is 601. The van der Waals surface area contributed by atoms with E-state index in [1.807, 2.05) is 0 Å². The van der Waals surface area contributed by atoms with Gasteiger partial charge in [0.25, 0.3) is 0 Å². The zero-order valence-electron chi connectivity index (χ0n) is 9.86. The second-order valence-electron chi connectivity index (χ2n) is 3.89. The Labute approximate surface area is 116 Å². The number of halogens is 2. The van der Waals surface area contributed by atoms with Gasteiger partial charge in [-0.2, -0.15) is 0 Å². The van der Waals surface area contributed by atoms with Crippen molar-refractivity contribution in [2.24, 2.45) is 0 Å². The van der Waals surface area contributed by atoms with Crippen molar-refractivity contribution in [2.75, 3.05) is 5.75 Å². The van der Waals surface area contributed by atoms with Crippen molar-refractivity contribution in [3.8, 4) is 0 Å². The first-order valence-electron chi connectivity index (χ1n) is 5.67. The largest absolute Gasteiger partial charge is 0.481 e. The summed E-state index contributed by atoms with van der Waals surface area (Å²) >= 11 is 2.75. The van der Waals surface area contributed by atoms with E-state index in [1.54, 1.807) is 0 Å². The number of benzene rings is 1. The molecule has 0 saturated carbocycles. The van der Waals surface area contributed by atoms with Crippen LogP contribution in [0.25, 0.3) is 10.2 Å². The van der Waals surface area contributed by atoms with E-state index in [2.05, 4.69) is 4.98 Å².